The quantitative estimate of drug-likeness (QED) is 0.366. The van der Waals surface area contributed by atoms with E-state index < -0.39 is 0 Å². The minimum atomic E-state index is -0.294. The summed E-state index contributed by atoms with van der Waals surface area (Å²) in [6, 6.07) is 8.19. The van der Waals surface area contributed by atoms with Crippen LogP contribution in [0.15, 0.2) is 51.1 Å². The van der Waals surface area contributed by atoms with Gasteiger partial charge in [-0.05, 0) is 44.7 Å². The Bertz CT molecular complexity index is 910. The van der Waals surface area contributed by atoms with Crippen LogP contribution in [0.25, 0.3) is 5.70 Å². The molecule has 1 aromatic rings. The molecule has 1 saturated heterocycles. The Morgan fingerprint density at radius 2 is 2.06 bits per heavy atom. The van der Waals surface area contributed by atoms with Crippen LogP contribution in [0.2, 0.25) is 0 Å². The standard InChI is InChI=1S/C25H36N4O3/c1-6-18(3)24(20-9-7-8-17(2)14-20)29-22(31-5)16-28-25(30)21(15-27-4)23(26)19-10-12-32-13-11-19/h7-9,14-15,19H,6,10-13,16,26H2,1-5H3,(H,28,30)/b23-21+,24-18?,27-15?,29-22?. The number of nitrogens with zero attached hydrogens (tertiary/aromatic N) is 2. The summed E-state index contributed by atoms with van der Waals surface area (Å²) in [5.41, 5.74) is 11.5. The molecule has 0 aromatic heterocycles. The number of hydrogen-bond acceptors (Lipinski definition) is 6. The number of methoxy groups -OCH3 is 1. The molecule has 0 aliphatic carbocycles. The molecule has 0 atom stereocenters. The SMILES string of the molecule is CCC(C)=C(N=C(CNC(=O)/C(C=NC)=C(/N)C1CCOCC1)OC)c1cccc(C)c1. The lowest BCUT2D eigenvalue weighted by Crippen LogP contribution is -2.34. The monoisotopic (exact) mass is 440 g/mol. The predicted octanol–water partition coefficient (Wildman–Crippen LogP) is 3.64. The van der Waals surface area contributed by atoms with Gasteiger partial charge in [0, 0.05) is 43.7 Å². The van der Waals surface area contributed by atoms with Crippen molar-refractivity contribution in [3.05, 3.63) is 52.2 Å². The maximum atomic E-state index is 12.9. The van der Waals surface area contributed by atoms with E-state index in [1.165, 1.54) is 6.21 Å². The molecule has 174 valence electrons. The molecule has 0 unspecified atom stereocenters. The van der Waals surface area contributed by atoms with Gasteiger partial charge < -0.3 is 20.5 Å². The van der Waals surface area contributed by atoms with Crippen molar-refractivity contribution in [2.45, 2.75) is 40.0 Å². The predicted molar refractivity (Wildman–Crippen MR) is 131 cm³/mol. The lowest BCUT2D eigenvalue weighted by atomic mass is 9.93. The Hall–Kier alpha value is -2.93. The third-order valence-corrected chi connectivity index (χ3v) is 5.57. The Balaban J connectivity index is 2.24. The van der Waals surface area contributed by atoms with Gasteiger partial charge in [0.1, 0.15) is 0 Å². The molecule has 1 fully saturated rings. The van der Waals surface area contributed by atoms with Crippen LogP contribution >= 0.6 is 0 Å². The molecule has 0 bridgehead atoms. The lowest BCUT2D eigenvalue weighted by Gasteiger charge is -2.23. The molecule has 2 rings (SSSR count). The van der Waals surface area contributed by atoms with E-state index in [2.05, 4.69) is 43.2 Å². The summed E-state index contributed by atoms with van der Waals surface area (Å²) in [4.78, 5) is 21.7. The third-order valence-electron chi connectivity index (χ3n) is 5.57. The van der Waals surface area contributed by atoms with Gasteiger partial charge in [0.15, 0.2) is 0 Å². The molecule has 7 nitrogen and oxygen atoms in total. The van der Waals surface area contributed by atoms with Gasteiger partial charge in [-0.25, -0.2) is 4.99 Å². The first kappa shape index (κ1) is 25.3. The number of aryl methyl sites for hydroxylation is 1. The van der Waals surface area contributed by atoms with E-state index >= 15 is 0 Å². The number of aliphatic imine (C=N–C) groups is 2. The first-order chi connectivity index (χ1) is 15.4. The van der Waals surface area contributed by atoms with Crippen molar-refractivity contribution in [1.29, 1.82) is 0 Å². The second kappa shape index (κ2) is 12.8. The zero-order valence-electron chi connectivity index (χ0n) is 19.9. The van der Waals surface area contributed by atoms with E-state index in [4.69, 9.17) is 20.2 Å². The summed E-state index contributed by atoms with van der Waals surface area (Å²) in [5, 5.41) is 2.89. The molecule has 0 saturated carbocycles. The Labute approximate surface area is 191 Å². The number of allylic oxidation sites excluding steroid dienone is 2. The van der Waals surface area contributed by atoms with Crippen molar-refractivity contribution in [1.82, 2.24) is 5.32 Å². The minimum absolute atomic E-state index is 0.112. The fraction of sp³-hybridized carbons (Fsp3) is 0.480. The van der Waals surface area contributed by atoms with Gasteiger partial charge in [-0.15, -0.1) is 0 Å². The van der Waals surface area contributed by atoms with Crippen LogP contribution in [0, 0.1) is 12.8 Å². The number of carbonyl (C=O) groups excluding carboxylic acids is 1. The maximum absolute atomic E-state index is 12.9. The molecular formula is C25H36N4O3. The van der Waals surface area contributed by atoms with Crippen LogP contribution < -0.4 is 11.1 Å². The number of ether oxygens (including phenoxy) is 2. The molecule has 1 aromatic carbocycles. The smallest absolute Gasteiger partial charge is 0.255 e. The van der Waals surface area contributed by atoms with Gasteiger partial charge in [-0.3, -0.25) is 9.79 Å². The van der Waals surface area contributed by atoms with E-state index in [0.717, 1.165) is 41.7 Å². The van der Waals surface area contributed by atoms with Crippen molar-refractivity contribution in [2.75, 3.05) is 33.9 Å². The molecule has 1 heterocycles. The van der Waals surface area contributed by atoms with Crippen LogP contribution in [-0.2, 0) is 14.3 Å². The number of carbonyl (C=O) groups is 1. The van der Waals surface area contributed by atoms with E-state index in [1.807, 2.05) is 12.1 Å². The topological polar surface area (TPSA) is 98.3 Å². The van der Waals surface area contributed by atoms with Gasteiger partial charge in [0.05, 0.1) is 24.9 Å². The zero-order chi connectivity index (χ0) is 23.5. The van der Waals surface area contributed by atoms with Gasteiger partial charge in [0.25, 0.3) is 5.91 Å². The lowest BCUT2D eigenvalue weighted by molar-refractivity contribution is -0.116. The average molecular weight is 441 g/mol. The van der Waals surface area contributed by atoms with Crippen LogP contribution in [0.4, 0.5) is 0 Å². The van der Waals surface area contributed by atoms with Gasteiger partial charge in [-0.2, -0.15) is 0 Å². The Morgan fingerprint density at radius 3 is 2.66 bits per heavy atom. The number of nitrogens with two attached hydrogens (primary N) is 1. The first-order valence-electron chi connectivity index (χ1n) is 11.1. The summed E-state index contributed by atoms with van der Waals surface area (Å²) < 4.78 is 10.9. The highest BCUT2D eigenvalue weighted by Crippen LogP contribution is 2.24. The fourth-order valence-corrected chi connectivity index (χ4v) is 3.52. The van der Waals surface area contributed by atoms with Crippen LogP contribution in [0.5, 0.6) is 0 Å². The summed E-state index contributed by atoms with van der Waals surface area (Å²) in [6.45, 7) is 7.64. The van der Waals surface area contributed by atoms with Gasteiger partial charge in [-0.1, -0.05) is 30.7 Å². The number of amides is 1. The normalized spacial score (nSPS) is 17.1. The highest BCUT2D eigenvalue weighted by molar-refractivity contribution is 6.13. The number of nitrogens with one attached hydrogen (secondary N) is 1. The second-order valence-corrected chi connectivity index (χ2v) is 7.89. The first-order valence-corrected chi connectivity index (χ1v) is 11.1. The van der Waals surface area contributed by atoms with E-state index in [0.29, 0.717) is 30.4 Å². The van der Waals surface area contributed by atoms with Gasteiger partial charge >= 0.3 is 0 Å². The summed E-state index contributed by atoms with van der Waals surface area (Å²) in [5.74, 6) is 0.235. The number of benzene rings is 1. The van der Waals surface area contributed by atoms with Crippen molar-refractivity contribution < 1.29 is 14.3 Å². The van der Waals surface area contributed by atoms with E-state index in [9.17, 15) is 4.79 Å². The Morgan fingerprint density at radius 1 is 1.34 bits per heavy atom. The van der Waals surface area contributed by atoms with Crippen molar-refractivity contribution >= 4 is 23.7 Å². The highest BCUT2D eigenvalue weighted by atomic mass is 16.5. The summed E-state index contributed by atoms with van der Waals surface area (Å²) >= 11 is 0. The van der Waals surface area contributed by atoms with Crippen molar-refractivity contribution in [3.63, 3.8) is 0 Å². The zero-order valence-corrected chi connectivity index (χ0v) is 19.9. The minimum Gasteiger partial charge on any atom is -0.483 e. The molecule has 0 spiro atoms. The molecule has 1 aliphatic rings. The average Bonchev–Trinajstić information content (AvgIpc) is 2.82. The van der Waals surface area contributed by atoms with E-state index in [-0.39, 0.29) is 18.4 Å². The van der Waals surface area contributed by atoms with Crippen LogP contribution in [0.3, 0.4) is 0 Å². The van der Waals surface area contributed by atoms with E-state index in [1.54, 1.807) is 14.2 Å². The maximum Gasteiger partial charge on any atom is 0.255 e. The molecule has 7 heteroatoms. The highest BCUT2D eigenvalue weighted by Gasteiger charge is 2.22. The molecule has 3 N–H and O–H groups in total. The fourth-order valence-electron chi connectivity index (χ4n) is 3.52. The van der Waals surface area contributed by atoms with Crippen LogP contribution in [0.1, 0.15) is 44.2 Å². The largest absolute Gasteiger partial charge is 0.483 e. The second-order valence-electron chi connectivity index (χ2n) is 7.89. The molecule has 1 aliphatic heterocycles. The van der Waals surface area contributed by atoms with Crippen molar-refractivity contribution in [2.24, 2.45) is 21.6 Å². The van der Waals surface area contributed by atoms with Gasteiger partial charge in [0.2, 0.25) is 5.90 Å². The summed E-state index contributed by atoms with van der Waals surface area (Å²) in [7, 11) is 3.18. The summed E-state index contributed by atoms with van der Waals surface area (Å²) in [6.07, 6.45) is 3.97. The third kappa shape index (κ3) is 7.05. The number of rotatable bonds is 8. The molecule has 32 heavy (non-hydrogen) atoms. The van der Waals surface area contributed by atoms with Crippen LogP contribution in [-0.4, -0.2) is 51.9 Å². The molecular weight excluding hydrogens is 404 g/mol. The molecule has 0 radical (unpaired) electrons. The number of hydrogen-bond donors (Lipinski definition) is 2. The Kier molecular flexibility index (Phi) is 10.1. The van der Waals surface area contributed by atoms with Crippen molar-refractivity contribution in [3.8, 4) is 0 Å². The molecule has 1 amide bonds.